The normalized spacial score (nSPS) is 24.8. The molecule has 2 nitrogen and oxygen atoms in total. The minimum Gasteiger partial charge on any atom is -0.337 e. The quantitative estimate of drug-likeness (QED) is 0.577. The van der Waals surface area contributed by atoms with Crippen LogP contribution in [0.15, 0.2) is 12.2 Å². The third kappa shape index (κ3) is 2.55. The van der Waals surface area contributed by atoms with Crippen molar-refractivity contribution in [1.29, 1.82) is 0 Å². The van der Waals surface area contributed by atoms with Crippen LogP contribution in [0.1, 0.15) is 13.8 Å². The first-order chi connectivity index (χ1) is 5.74. The maximum Gasteiger partial charge on any atom is 0.246 e. The van der Waals surface area contributed by atoms with Gasteiger partial charge in [0.1, 0.15) is 0 Å². The summed E-state index contributed by atoms with van der Waals surface area (Å²) in [5.41, 5.74) is 0. The van der Waals surface area contributed by atoms with Crippen molar-refractivity contribution in [2.75, 3.05) is 18.8 Å². The predicted molar refractivity (Wildman–Crippen MR) is 53.3 cm³/mol. The van der Waals surface area contributed by atoms with Crippen LogP contribution in [-0.2, 0) is 4.79 Å². The van der Waals surface area contributed by atoms with E-state index in [1.165, 1.54) is 0 Å². The van der Waals surface area contributed by atoms with Crippen LogP contribution in [0.3, 0.4) is 0 Å². The van der Waals surface area contributed by atoms with Gasteiger partial charge in [-0.15, -0.1) is 0 Å². The van der Waals surface area contributed by atoms with Gasteiger partial charge in [0, 0.05) is 24.1 Å². The highest BCUT2D eigenvalue weighted by Gasteiger charge is 2.18. The van der Waals surface area contributed by atoms with Crippen LogP contribution in [0.5, 0.6) is 0 Å². The Kier molecular flexibility index (Phi) is 3.66. The molecular formula is C9H15NOS. The first-order valence-electron chi connectivity index (χ1n) is 4.27. The molecule has 1 unspecified atom stereocenters. The van der Waals surface area contributed by atoms with E-state index in [1.54, 1.807) is 12.2 Å². The lowest BCUT2D eigenvalue weighted by atomic mass is 10.3. The Balaban J connectivity index is 2.45. The molecule has 0 aromatic rings. The van der Waals surface area contributed by atoms with Gasteiger partial charge in [0.05, 0.1) is 0 Å². The number of hydrogen-bond acceptors (Lipinski definition) is 2. The van der Waals surface area contributed by atoms with Crippen molar-refractivity contribution in [3.05, 3.63) is 12.2 Å². The fourth-order valence-electron chi connectivity index (χ4n) is 1.27. The number of carbonyl (C=O) groups is 1. The molecular weight excluding hydrogens is 170 g/mol. The van der Waals surface area contributed by atoms with E-state index in [0.717, 1.165) is 18.8 Å². The molecule has 1 heterocycles. The second kappa shape index (κ2) is 4.55. The van der Waals surface area contributed by atoms with Crippen LogP contribution in [0, 0.1) is 0 Å². The van der Waals surface area contributed by atoms with Crippen molar-refractivity contribution in [3.8, 4) is 0 Å². The number of rotatable bonds is 1. The number of allylic oxidation sites excluding steroid dienone is 1. The summed E-state index contributed by atoms with van der Waals surface area (Å²) >= 11 is 1.94. The zero-order valence-corrected chi connectivity index (χ0v) is 8.43. The topological polar surface area (TPSA) is 20.3 Å². The number of amides is 1. The smallest absolute Gasteiger partial charge is 0.246 e. The summed E-state index contributed by atoms with van der Waals surface area (Å²) in [5.74, 6) is 1.23. The molecule has 0 aliphatic carbocycles. The Labute approximate surface area is 78.0 Å². The molecule has 1 aliphatic heterocycles. The molecule has 1 rings (SSSR count). The second-order valence-electron chi connectivity index (χ2n) is 2.97. The zero-order chi connectivity index (χ0) is 8.97. The third-order valence-electron chi connectivity index (χ3n) is 1.86. The average molecular weight is 185 g/mol. The summed E-state index contributed by atoms with van der Waals surface area (Å²) in [4.78, 5) is 13.3. The van der Waals surface area contributed by atoms with Crippen molar-refractivity contribution in [1.82, 2.24) is 4.90 Å². The van der Waals surface area contributed by atoms with E-state index in [-0.39, 0.29) is 5.91 Å². The van der Waals surface area contributed by atoms with Gasteiger partial charge >= 0.3 is 0 Å². The van der Waals surface area contributed by atoms with Gasteiger partial charge in [-0.3, -0.25) is 4.79 Å². The fraction of sp³-hybridized carbons (Fsp3) is 0.667. The van der Waals surface area contributed by atoms with Crippen LogP contribution in [0.4, 0.5) is 0 Å². The third-order valence-corrected chi connectivity index (χ3v) is 3.00. The van der Waals surface area contributed by atoms with E-state index in [1.807, 2.05) is 23.6 Å². The van der Waals surface area contributed by atoms with Crippen molar-refractivity contribution in [3.63, 3.8) is 0 Å². The molecule has 0 spiro atoms. The summed E-state index contributed by atoms with van der Waals surface area (Å²) in [5, 5.41) is 0.591. The number of nitrogens with zero attached hydrogens (tertiary/aromatic N) is 1. The molecule has 0 radical (unpaired) electrons. The molecule has 3 heteroatoms. The molecule has 1 fully saturated rings. The molecule has 68 valence electrons. The van der Waals surface area contributed by atoms with Crippen molar-refractivity contribution >= 4 is 17.7 Å². The summed E-state index contributed by atoms with van der Waals surface area (Å²) in [6.45, 7) is 5.84. The minimum absolute atomic E-state index is 0.157. The Morgan fingerprint density at radius 1 is 1.67 bits per heavy atom. The Hall–Kier alpha value is -0.440. The molecule has 0 saturated carbocycles. The highest BCUT2D eigenvalue weighted by atomic mass is 32.2. The highest BCUT2D eigenvalue weighted by Crippen LogP contribution is 2.17. The molecule has 1 saturated heterocycles. The summed E-state index contributed by atoms with van der Waals surface area (Å²) in [6.07, 6.45) is 3.44. The van der Waals surface area contributed by atoms with E-state index in [2.05, 4.69) is 6.92 Å². The van der Waals surface area contributed by atoms with Gasteiger partial charge in [-0.05, 0) is 13.0 Å². The first-order valence-corrected chi connectivity index (χ1v) is 5.32. The molecule has 1 atom stereocenters. The second-order valence-corrected chi connectivity index (χ2v) is 4.51. The Bertz CT molecular complexity index is 191. The maximum atomic E-state index is 11.4. The summed E-state index contributed by atoms with van der Waals surface area (Å²) < 4.78 is 0. The van der Waals surface area contributed by atoms with Crippen LogP contribution in [0.25, 0.3) is 0 Å². The number of hydrogen-bond donors (Lipinski definition) is 0. The Morgan fingerprint density at radius 3 is 3.00 bits per heavy atom. The van der Waals surface area contributed by atoms with Gasteiger partial charge in [0.25, 0.3) is 0 Å². The van der Waals surface area contributed by atoms with E-state index in [9.17, 15) is 4.79 Å². The standard InChI is InChI=1S/C9H15NOS/c1-3-4-9(11)10-5-6-12-8(2)7-10/h3-4,8H,5-7H2,1-2H3/b4-3+. The predicted octanol–water partition coefficient (Wildman–Crippen LogP) is 1.53. The first kappa shape index (κ1) is 9.65. The molecule has 0 N–H and O–H groups in total. The molecule has 0 aromatic carbocycles. The van der Waals surface area contributed by atoms with Crippen molar-refractivity contribution in [2.45, 2.75) is 19.1 Å². The van der Waals surface area contributed by atoms with E-state index in [0.29, 0.717) is 5.25 Å². The van der Waals surface area contributed by atoms with Crippen LogP contribution >= 0.6 is 11.8 Å². The maximum absolute atomic E-state index is 11.4. The summed E-state index contributed by atoms with van der Waals surface area (Å²) in [7, 11) is 0. The lowest BCUT2D eigenvalue weighted by Gasteiger charge is -2.29. The van der Waals surface area contributed by atoms with Gasteiger partial charge in [-0.25, -0.2) is 0 Å². The lowest BCUT2D eigenvalue weighted by Crippen LogP contribution is -2.40. The Morgan fingerprint density at radius 2 is 2.42 bits per heavy atom. The van der Waals surface area contributed by atoms with E-state index >= 15 is 0 Å². The van der Waals surface area contributed by atoms with Gasteiger partial charge < -0.3 is 4.90 Å². The average Bonchev–Trinajstić information content (AvgIpc) is 2.05. The minimum atomic E-state index is 0.157. The van der Waals surface area contributed by atoms with Gasteiger partial charge in [0.2, 0.25) is 5.91 Å². The van der Waals surface area contributed by atoms with E-state index in [4.69, 9.17) is 0 Å². The molecule has 1 aliphatic rings. The van der Waals surface area contributed by atoms with Gasteiger partial charge in [-0.1, -0.05) is 13.0 Å². The fourth-order valence-corrected chi connectivity index (χ4v) is 2.28. The van der Waals surface area contributed by atoms with Crippen LogP contribution in [-0.4, -0.2) is 34.9 Å². The summed E-state index contributed by atoms with van der Waals surface area (Å²) in [6, 6.07) is 0. The molecule has 12 heavy (non-hydrogen) atoms. The van der Waals surface area contributed by atoms with E-state index < -0.39 is 0 Å². The SMILES string of the molecule is C/C=C/C(=O)N1CCSC(C)C1. The highest BCUT2D eigenvalue weighted by molar-refractivity contribution is 7.99. The number of thioether (sulfide) groups is 1. The van der Waals surface area contributed by atoms with Crippen LogP contribution in [0.2, 0.25) is 0 Å². The molecule has 0 aromatic heterocycles. The molecule has 0 bridgehead atoms. The van der Waals surface area contributed by atoms with Crippen LogP contribution < -0.4 is 0 Å². The molecule has 1 amide bonds. The zero-order valence-electron chi connectivity index (χ0n) is 7.62. The monoisotopic (exact) mass is 185 g/mol. The number of carbonyl (C=O) groups excluding carboxylic acids is 1. The van der Waals surface area contributed by atoms with Crippen molar-refractivity contribution in [2.24, 2.45) is 0 Å². The van der Waals surface area contributed by atoms with Gasteiger partial charge in [0.15, 0.2) is 0 Å². The lowest BCUT2D eigenvalue weighted by molar-refractivity contribution is -0.125. The van der Waals surface area contributed by atoms with Crippen molar-refractivity contribution < 1.29 is 4.79 Å². The largest absolute Gasteiger partial charge is 0.337 e. The van der Waals surface area contributed by atoms with Gasteiger partial charge in [-0.2, -0.15) is 11.8 Å².